The zero-order valence-corrected chi connectivity index (χ0v) is 16.9. The Bertz CT molecular complexity index is 858. The molecular formula is C22H28N2O3S. The fraction of sp³-hybridized carbons (Fsp3) is 0.409. The highest BCUT2D eigenvalue weighted by molar-refractivity contribution is 7.89. The highest BCUT2D eigenvalue weighted by Gasteiger charge is 2.18. The average Bonchev–Trinajstić information content (AvgIpc) is 2.74. The maximum Gasteiger partial charge on any atom is 0.240 e. The van der Waals surface area contributed by atoms with Gasteiger partial charge in [0.2, 0.25) is 15.9 Å². The van der Waals surface area contributed by atoms with Crippen LogP contribution in [-0.2, 0) is 21.4 Å². The molecule has 0 heterocycles. The summed E-state index contributed by atoms with van der Waals surface area (Å²) in [4.78, 5) is 12.2. The summed E-state index contributed by atoms with van der Waals surface area (Å²) < 4.78 is 27.4. The number of hydrogen-bond donors (Lipinski definition) is 2. The van der Waals surface area contributed by atoms with E-state index < -0.39 is 10.0 Å². The van der Waals surface area contributed by atoms with Crippen LogP contribution in [0.4, 0.5) is 0 Å². The normalized spacial score (nSPS) is 15.3. The molecule has 5 nitrogen and oxygen atoms in total. The molecule has 1 aliphatic carbocycles. The summed E-state index contributed by atoms with van der Waals surface area (Å²) in [6.07, 6.45) is 6.26. The van der Waals surface area contributed by atoms with Gasteiger partial charge in [-0.05, 0) is 42.0 Å². The third-order valence-electron chi connectivity index (χ3n) is 5.24. The van der Waals surface area contributed by atoms with Crippen LogP contribution in [0.1, 0.15) is 55.6 Å². The number of benzene rings is 2. The van der Waals surface area contributed by atoms with Gasteiger partial charge >= 0.3 is 0 Å². The fourth-order valence-electron chi connectivity index (χ4n) is 3.62. The molecule has 6 heteroatoms. The smallest absolute Gasteiger partial charge is 0.240 e. The number of carbonyl (C=O) groups is 1. The van der Waals surface area contributed by atoms with Crippen molar-refractivity contribution in [1.29, 1.82) is 0 Å². The van der Waals surface area contributed by atoms with Crippen molar-refractivity contribution in [2.45, 2.75) is 55.9 Å². The van der Waals surface area contributed by atoms with E-state index in [0.29, 0.717) is 12.5 Å². The van der Waals surface area contributed by atoms with E-state index >= 15 is 0 Å². The second-order valence-corrected chi connectivity index (χ2v) is 9.08. The number of amides is 1. The first-order valence-corrected chi connectivity index (χ1v) is 11.4. The second kappa shape index (κ2) is 9.85. The maximum absolute atomic E-state index is 12.4. The minimum Gasteiger partial charge on any atom is -0.352 e. The quantitative estimate of drug-likeness (QED) is 0.709. The van der Waals surface area contributed by atoms with Gasteiger partial charge in [-0.1, -0.05) is 61.7 Å². The number of carbonyl (C=O) groups excluding carboxylic acids is 1. The molecule has 0 atom stereocenters. The first-order valence-electron chi connectivity index (χ1n) is 9.95. The van der Waals surface area contributed by atoms with E-state index in [4.69, 9.17) is 0 Å². The van der Waals surface area contributed by atoms with Crippen molar-refractivity contribution in [1.82, 2.24) is 10.0 Å². The Morgan fingerprint density at radius 3 is 2.29 bits per heavy atom. The molecule has 150 valence electrons. The van der Waals surface area contributed by atoms with Crippen molar-refractivity contribution in [3.05, 3.63) is 65.7 Å². The summed E-state index contributed by atoms with van der Waals surface area (Å²) in [7, 11) is -3.60. The van der Waals surface area contributed by atoms with E-state index in [9.17, 15) is 13.2 Å². The SMILES string of the molecule is O=C(CCNS(=O)(=O)c1ccc(C2CCCCC2)cc1)NCc1ccccc1. The predicted octanol–water partition coefficient (Wildman–Crippen LogP) is 3.72. The van der Waals surface area contributed by atoms with Gasteiger partial charge in [-0.3, -0.25) is 4.79 Å². The van der Waals surface area contributed by atoms with Crippen molar-refractivity contribution >= 4 is 15.9 Å². The standard InChI is InChI=1S/C22H28N2O3S/c25-22(23-17-18-7-3-1-4-8-18)15-16-24-28(26,27)21-13-11-20(12-14-21)19-9-5-2-6-10-19/h1,3-4,7-8,11-14,19,24H,2,5-6,9-10,15-17H2,(H,23,25). The first kappa shape index (κ1) is 20.6. The minimum absolute atomic E-state index is 0.0767. The molecule has 0 unspecified atom stereocenters. The van der Waals surface area contributed by atoms with E-state index in [-0.39, 0.29) is 23.8 Å². The molecular weight excluding hydrogens is 372 g/mol. The van der Waals surface area contributed by atoms with Crippen molar-refractivity contribution in [3.63, 3.8) is 0 Å². The summed E-state index contributed by atoms with van der Waals surface area (Å²) >= 11 is 0. The zero-order valence-electron chi connectivity index (χ0n) is 16.1. The molecule has 1 saturated carbocycles. The van der Waals surface area contributed by atoms with E-state index in [1.54, 1.807) is 12.1 Å². The van der Waals surface area contributed by atoms with Gasteiger partial charge in [0.05, 0.1) is 4.90 Å². The number of hydrogen-bond acceptors (Lipinski definition) is 3. The van der Waals surface area contributed by atoms with Gasteiger partial charge in [0.1, 0.15) is 0 Å². The highest BCUT2D eigenvalue weighted by atomic mass is 32.2. The minimum atomic E-state index is -3.60. The maximum atomic E-state index is 12.4. The van der Waals surface area contributed by atoms with Crippen LogP contribution in [0, 0.1) is 0 Å². The van der Waals surface area contributed by atoms with Gasteiger partial charge in [0.25, 0.3) is 0 Å². The van der Waals surface area contributed by atoms with E-state index in [1.807, 2.05) is 42.5 Å². The highest BCUT2D eigenvalue weighted by Crippen LogP contribution is 2.32. The van der Waals surface area contributed by atoms with Gasteiger partial charge in [0, 0.05) is 19.5 Å². The fourth-order valence-corrected chi connectivity index (χ4v) is 4.65. The molecule has 0 aliphatic heterocycles. The van der Waals surface area contributed by atoms with Gasteiger partial charge < -0.3 is 5.32 Å². The largest absolute Gasteiger partial charge is 0.352 e. The van der Waals surface area contributed by atoms with Crippen LogP contribution in [0.3, 0.4) is 0 Å². The molecule has 2 N–H and O–H groups in total. The number of rotatable bonds is 8. The third kappa shape index (κ3) is 5.91. The Labute approximate surface area is 167 Å². The Balaban J connectivity index is 1.46. The Morgan fingerprint density at radius 2 is 1.61 bits per heavy atom. The van der Waals surface area contributed by atoms with Crippen LogP contribution >= 0.6 is 0 Å². The van der Waals surface area contributed by atoms with Gasteiger partial charge in [0.15, 0.2) is 0 Å². The lowest BCUT2D eigenvalue weighted by atomic mass is 9.84. The van der Waals surface area contributed by atoms with Gasteiger partial charge in [-0.25, -0.2) is 13.1 Å². The van der Waals surface area contributed by atoms with Gasteiger partial charge in [-0.2, -0.15) is 0 Å². The molecule has 0 saturated heterocycles. The molecule has 0 spiro atoms. The van der Waals surface area contributed by atoms with Crippen LogP contribution in [0.5, 0.6) is 0 Å². The monoisotopic (exact) mass is 400 g/mol. The van der Waals surface area contributed by atoms with Crippen LogP contribution in [0.15, 0.2) is 59.5 Å². The molecule has 1 amide bonds. The lowest BCUT2D eigenvalue weighted by Gasteiger charge is -2.22. The summed E-state index contributed by atoms with van der Waals surface area (Å²) in [6, 6.07) is 16.8. The average molecular weight is 401 g/mol. The predicted molar refractivity (Wildman–Crippen MR) is 110 cm³/mol. The number of sulfonamides is 1. The molecule has 1 fully saturated rings. The summed E-state index contributed by atoms with van der Waals surface area (Å²) in [5.41, 5.74) is 2.23. The van der Waals surface area contributed by atoms with Crippen LogP contribution in [0.2, 0.25) is 0 Å². The molecule has 0 aromatic heterocycles. The van der Waals surface area contributed by atoms with Gasteiger partial charge in [-0.15, -0.1) is 0 Å². The van der Waals surface area contributed by atoms with Crippen molar-refractivity contribution < 1.29 is 13.2 Å². The van der Waals surface area contributed by atoms with Crippen molar-refractivity contribution in [2.75, 3.05) is 6.54 Å². The second-order valence-electron chi connectivity index (χ2n) is 7.31. The van der Waals surface area contributed by atoms with Crippen LogP contribution < -0.4 is 10.0 Å². The van der Waals surface area contributed by atoms with Crippen LogP contribution in [-0.4, -0.2) is 20.9 Å². The number of nitrogens with one attached hydrogen (secondary N) is 2. The lowest BCUT2D eigenvalue weighted by molar-refractivity contribution is -0.121. The van der Waals surface area contributed by atoms with E-state index in [0.717, 1.165) is 5.56 Å². The van der Waals surface area contributed by atoms with E-state index in [1.165, 1.54) is 37.7 Å². The van der Waals surface area contributed by atoms with Crippen LogP contribution in [0.25, 0.3) is 0 Å². The van der Waals surface area contributed by atoms with E-state index in [2.05, 4.69) is 10.0 Å². The molecule has 0 radical (unpaired) electrons. The Kier molecular flexibility index (Phi) is 7.23. The lowest BCUT2D eigenvalue weighted by Crippen LogP contribution is -2.30. The van der Waals surface area contributed by atoms with Crippen molar-refractivity contribution in [3.8, 4) is 0 Å². The zero-order chi connectivity index (χ0) is 19.8. The topological polar surface area (TPSA) is 75.3 Å². The molecule has 2 aromatic rings. The molecule has 2 aromatic carbocycles. The Hall–Kier alpha value is -2.18. The molecule has 1 aliphatic rings. The molecule has 0 bridgehead atoms. The third-order valence-corrected chi connectivity index (χ3v) is 6.72. The molecule has 3 rings (SSSR count). The summed E-state index contributed by atoms with van der Waals surface area (Å²) in [5.74, 6) is 0.367. The first-order chi connectivity index (χ1) is 13.5. The summed E-state index contributed by atoms with van der Waals surface area (Å²) in [6.45, 7) is 0.516. The summed E-state index contributed by atoms with van der Waals surface area (Å²) in [5, 5.41) is 2.80. The van der Waals surface area contributed by atoms with Crippen molar-refractivity contribution in [2.24, 2.45) is 0 Å². The Morgan fingerprint density at radius 1 is 0.929 bits per heavy atom. The molecule has 28 heavy (non-hydrogen) atoms.